The molecule has 1 heterocycles. The van der Waals surface area contributed by atoms with Crippen LogP contribution < -0.4 is 5.32 Å². The number of halogens is 1. The molecule has 0 saturated heterocycles. The molecule has 1 rings (SSSR count). The van der Waals surface area contributed by atoms with Gasteiger partial charge in [0, 0.05) is 18.5 Å². The molecule has 0 saturated carbocycles. The average molecular weight is 273 g/mol. The second kappa shape index (κ2) is 7.10. The molecule has 18 heavy (non-hydrogen) atoms. The van der Waals surface area contributed by atoms with E-state index >= 15 is 0 Å². The highest BCUT2D eigenvalue weighted by Gasteiger charge is 2.16. The number of rotatable bonds is 7. The molecular formula is C13H25ClN4. The first-order chi connectivity index (χ1) is 8.42. The maximum absolute atomic E-state index is 6.30. The highest BCUT2D eigenvalue weighted by atomic mass is 35.5. The first kappa shape index (κ1) is 15.4. The van der Waals surface area contributed by atoms with Gasteiger partial charge in [-0.15, -0.1) is 11.6 Å². The Morgan fingerprint density at radius 3 is 2.78 bits per heavy atom. The van der Waals surface area contributed by atoms with Crippen molar-refractivity contribution >= 4 is 11.6 Å². The Kier molecular flexibility index (Phi) is 6.09. The van der Waals surface area contributed by atoms with Crippen LogP contribution in [-0.4, -0.2) is 26.7 Å². The van der Waals surface area contributed by atoms with Crippen LogP contribution in [0.5, 0.6) is 0 Å². The molecule has 0 radical (unpaired) electrons. The van der Waals surface area contributed by atoms with Crippen LogP contribution in [-0.2, 0) is 13.1 Å². The van der Waals surface area contributed by atoms with Gasteiger partial charge in [0.15, 0.2) is 0 Å². The predicted octanol–water partition coefficient (Wildman–Crippen LogP) is 2.82. The summed E-state index contributed by atoms with van der Waals surface area (Å²) in [5.41, 5.74) is 0.274. The van der Waals surface area contributed by atoms with Crippen LogP contribution in [0.3, 0.4) is 0 Å². The number of aromatic nitrogens is 3. The molecule has 104 valence electrons. The third-order valence-electron chi connectivity index (χ3n) is 2.61. The summed E-state index contributed by atoms with van der Waals surface area (Å²) in [6, 6.07) is 0. The molecule has 1 aromatic heterocycles. The van der Waals surface area contributed by atoms with E-state index < -0.39 is 0 Å². The molecule has 1 N–H and O–H groups in total. The fourth-order valence-corrected chi connectivity index (χ4v) is 2.47. The fourth-order valence-electron chi connectivity index (χ4n) is 1.90. The minimum atomic E-state index is 0.160. The Labute approximate surface area is 115 Å². The van der Waals surface area contributed by atoms with Gasteiger partial charge in [-0.25, -0.2) is 9.67 Å². The highest BCUT2D eigenvalue weighted by Crippen LogP contribution is 2.23. The predicted molar refractivity (Wildman–Crippen MR) is 75.7 cm³/mol. The van der Waals surface area contributed by atoms with Gasteiger partial charge in [-0.3, -0.25) is 0 Å². The molecule has 0 spiro atoms. The van der Waals surface area contributed by atoms with E-state index in [-0.39, 0.29) is 10.8 Å². The maximum Gasteiger partial charge on any atom is 0.140 e. The second-order valence-electron chi connectivity index (χ2n) is 5.89. The summed E-state index contributed by atoms with van der Waals surface area (Å²) in [7, 11) is 0. The molecule has 0 amide bonds. The molecule has 5 heteroatoms. The summed E-state index contributed by atoms with van der Waals surface area (Å²) in [5.74, 6) is 0.983. The summed E-state index contributed by atoms with van der Waals surface area (Å²) in [4.78, 5) is 4.25. The highest BCUT2D eigenvalue weighted by molar-refractivity contribution is 6.20. The number of nitrogens with one attached hydrogen (secondary N) is 1. The molecule has 1 unspecified atom stereocenters. The van der Waals surface area contributed by atoms with Gasteiger partial charge in [0.2, 0.25) is 0 Å². The van der Waals surface area contributed by atoms with Crippen LogP contribution in [0.25, 0.3) is 0 Å². The summed E-state index contributed by atoms with van der Waals surface area (Å²) >= 11 is 6.30. The third kappa shape index (κ3) is 5.83. The van der Waals surface area contributed by atoms with Crippen LogP contribution in [0.4, 0.5) is 0 Å². The minimum Gasteiger partial charge on any atom is -0.308 e. The molecule has 1 aromatic rings. The molecule has 4 nitrogen and oxygen atoms in total. The van der Waals surface area contributed by atoms with Crippen LogP contribution in [0.1, 0.15) is 46.4 Å². The lowest BCUT2D eigenvalue weighted by Gasteiger charge is -2.22. The van der Waals surface area contributed by atoms with Crippen LogP contribution in [0, 0.1) is 5.41 Å². The first-order valence-electron chi connectivity index (χ1n) is 6.64. The van der Waals surface area contributed by atoms with Crippen molar-refractivity contribution < 1.29 is 0 Å². The van der Waals surface area contributed by atoms with E-state index in [4.69, 9.17) is 11.6 Å². The zero-order chi connectivity index (χ0) is 13.6. The van der Waals surface area contributed by atoms with Crippen molar-refractivity contribution in [2.75, 3.05) is 6.54 Å². The summed E-state index contributed by atoms with van der Waals surface area (Å²) in [5, 5.41) is 7.71. The third-order valence-corrected chi connectivity index (χ3v) is 2.92. The number of alkyl halides is 1. The van der Waals surface area contributed by atoms with Crippen molar-refractivity contribution in [3.8, 4) is 0 Å². The van der Waals surface area contributed by atoms with Gasteiger partial charge in [-0.2, -0.15) is 5.10 Å². The van der Waals surface area contributed by atoms with Gasteiger partial charge in [-0.05, 0) is 18.3 Å². The van der Waals surface area contributed by atoms with E-state index in [1.54, 1.807) is 6.33 Å². The zero-order valence-electron chi connectivity index (χ0n) is 11.9. The quantitative estimate of drug-likeness (QED) is 0.776. The Morgan fingerprint density at radius 1 is 1.44 bits per heavy atom. The van der Waals surface area contributed by atoms with Crippen molar-refractivity contribution in [3.05, 3.63) is 12.2 Å². The van der Waals surface area contributed by atoms with Crippen molar-refractivity contribution in [2.24, 2.45) is 5.41 Å². The standard InChI is InChI=1S/C13H25ClN4/c1-5-6-18-12(16-10-17-18)9-15-8-11(14)7-13(2,3)4/h10-11,15H,5-9H2,1-4H3. The smallest absolute Gasteiger partial charge is 0.140 e. The Balaban J connectivity index is 2.30. The maximum atomic E-state index is 6.30. The topological polar surface area (TPSA) is 42.7 Å². The normalized spacial score (nSPS) is 13.8. The van der Waals surface area contributed by atoms with E-state index in [0.29, 0.717) is 0 Å². The van der Waals surface area contributed by atoms with Gasteiger partial charge < -0.3 is 5.32 Å². The monoisotopic (exact) mass is 272 g/mol. The lowest BCUT2D eigenvalue weighted by molar-refractivity contribution is 0.363. The van der Waals surface area contributed by atoms with E-state index in [0.717, 1.165) is 38.3 Å². The molecular weight excluding hydrogens is 248 g/mol. The molecule has 0 fully saturated rings. The van der Waals surface area contributed by atoms with Gasteiger partial charge in [-0.1, -0.05) is 27.7 Å². The summed E-state index contributed by atoms with van der Waals surface area (Å²) in [6.07, 6.45) is 3.68. The van der Waals surface area contributed by atoms with Gasteiger partial charge in [0.1, 0.15) is 12.2 Å². The molecule has 1 atom stereocenters. The fraction of sp³-hybridized carbons (Fsp3) is 0.846. The van der Waals surface area contributed by atoms with Gasteiger partial charge >= 0.3 is 0 Å². The number of nitrogens with zero attached hydrogens (tertiary/aromatic N) is 3. The van der Waals surface area contributed by atoms with Crippen molar-refractivity contribution in [3.63, 3.8) is 0 Å². The molecule has 0 aliphatic rings. The van der Waals surface area contributed by atoms with Crippen molar-refractivity contribution in [1.82, 2.24) is 20.1 Å². The lowest BCUT2D eigenvalue weighted by atomic mass is 9.90. The van der Waals surface area contributed by atoms with E-state index in [2.05, 4.69) is 43.1 Å². The summed E-state index contributed by atoms with van der Waals surface area (Å²) in [6.45, 7) is 11.2. The van der Waals surface area contributed by atoms with Crippen molar-refractivity contribution in [2.45, 2.75) is 59.0 Å². The van der Waals surface area contributed by atoms with Crippen LogP contribution >= 0.6 is 11.6 Å². The molecule has 0 aliphatic heterocycles. The van der Waals surface area contributed by atoms with Crippen LogP contribution in [0.15, 0.2) is 6.33 Å². The largest absolute Gasteiger partial charge is 0.308 e. The first-order valence-corrected chi connectivity index (χ1v) is 7.07. The average Bonchev–Trinajstić information content (AvgIpc) is 2.64. The number of hydrogen-bond acceptors (Lipinski definition) is 3. The summed E-state index contributed by atoms with van der Waals surface area (Å²) < 4.78 is 1.94. The Morgan fingerprint density at radius 2 is 2.17 bits per heavy atom. The van der Waals surface area contributed by atoms with Crippen LogP contribution in [0.2, 0.25) is 0 Å². The van der Waals surface area contributed by atoms with E-state index in [1.165, 1.54) is 0 Å². The van der Waals surface area contributed by atoms with Gasteiger partial charge in [0.05, 0.1) is 6.54 Å². The SMILES string of the molecule is CCCn1ncnc1CNCC(Cl)CC(C)(C)C. The molecule has 0 aliphatic carbocycles. The van der Waals surface area contributed by atoms with E-state index in [9.17, 15) is 0 Å². The zero-order valence-corrected chi connectivity index (χ0v) is 12.7. The molecule has 0 aromatic carbocycles. The van der Waals surface area contributed by atoms with E-state index in [1.807, 2.05) is 4.68 Å². The minimum absolute atomic E-state index is 0.160. The van der Waals surface area contributed by atoms with Gasteiger partial charge in [0.25, 0.3) is 0 Å². The number of aryl methyl sites for hydroxylation is 1. The Hall–Kier alpha value is -0.610. The second-order valence-corrected chi connectivity index (χ2v) is 6.51. The lowest BCUT2D eigenvalue weighted by Crippen LogP contribution is -2.27. The molecule has 0 bridgehead atoms. The van der Waals surface area contributed by atoms with Crippen molar-refractivity contribution in [1.29, 1.82) is 0 Å². The Bertz CT molecular complexity index is 343. The number of hydrogen-bond donors (Lipinski definition) is 1.